The van der Waals surface area contributed by atoms with Crippen molar-refractivity contribution in [2.24, 2.45) is 20.0 Å². The van der Waals surface area contributed by atoms with E-state index in [1.807, 2.05) is 18.2 Å². The van der Waals surface area contributed by atoms with Gasteiger partial charge in [-0.25, -0.2) is 4.79 Å². The summed E-state index contributed by atoms with van der Waals surface area (Å²) in [6.07, 6.45) is 4.54. The lowest BCUT2D eigenvalue weighted by atomic mass is 9.93. The largest absolute Gasteiger partial charge is 0.337 e. The molecular formula is C18H22N4O3. The maximum Gasteiger partial charge on any atom is 0.331 e. The van der Waals surface area contributed by atoms with Crippen molar-refractivity contribution in [1.29, 1.82) is 0 Å². The molecule has 3 heterocycles. The Balaban J connectivity index is 1.79. The summed E-state index contributed by atoms with van der Waals surface area (Å²) in [5.74, 6) is 0.0687. The maximum atomic E-state index is 12.8. The van der Waals surface area contributed by atoms with E-state index in [1.54, 1.807) is 11.1 Å². The number of carbonyl (C=O) groups is 1. The van der Waals surface area contributed by atoms with Crippen molar-refractivity contribution < 1.29 is 4.79 Å². The third-order valence-electron chi connectivity index (χ3n) is 4.78. The smallest absolute Gasteiger partial charge is 0.331 e. The van der Waals surface area contributed by atoms with Crippen LogP contribution in [0, 0.1) is 5.92 Å². The van der Waals surface area contributed by atoms with Crippen molar-refractivity contribution >= 4 is 5.91 Å². The van der Waals surface area contributed by atoms with Gasteiger partial charge in [0.05, 0.1) is 0 Å². The summed E-state index contributed by atoms with van der Waals surface area (Å²) < 4.78 is 2.24. The molecular weight excluding hydrogens is 320 g/mol. The molecule has 0 aliphatic carbocycles. The topological polar surface area (TPSA) is 77.2 Å². The average molecular weight is 342 g/mol. The van der Waals surface area contributed by atoms with Gasteiger partial charge in [-0.1, -0.05) is 6.07 Å². The first kappa shape index (κ1) is 17.1. The number of hydrogen-bond acceptors (Lipinski definition) is 4. The van der Waals surface area contributed by atoms with E-state index in [0.29, 0.717) is 19.0 Å². The Kier molecular flexibility index (Phi) is 4.83. The Bertz CT molecular complexity index is 885. The van der Waals surface area contributed by atoms with Crippen LogP contribution in [0.4, 0.5) is 0 Å². The van der Waals surface area contributed by atoms with Gasteiger partial charge in [0, 0.05) is 45.1 Å². The van der Waals surface area contributed by atoms with Gasteiger partial charge in [0.1, 0.15) is 5.69 Å². The average Bonchev–Trinajstić information content (AvgIpc) is 2.63. The van der Waals surface area contributed by atoms with E-state index in [9.17, 15) is 14.4 Å². The highest BCUT2D eigenvalue weighted by Gasteiger charge is 2.26. The highest BCUT2D eigenvalue weighted by Crippen LogP contribution is 2.21. The number of rotatable bonds is 3. The molecule has 1 fully saturated rings. The van der Waals surface area contributed by atoms with E-state index in [-0.39, 0.29) is 11.6 Å². The van der Waals surface area contributed by atoms with Crippen LogP contribution < -0.4 is 11.2 Å². The molecule has 7 heteroatoms. The number of aromatic nitrogens is 3. The molecule has 0 N–H and O–H groups in total. The van der Waals surface area contributed by atoms with E-state index >= 15 is 0 Å². The SMILES string of the molecule is Cn1c(C(=O)N2CCC[C@@H](Cc3ccccn3)C2)cc(=O)n(C)c1=O. The van der Waals surface area contributed by atoms with Gasteiger partial charge >= 0.3 is 5.69 Å². The summed E-state index contributed by atoms with van der Waals surface area (Å²) >= 11 is 0. The molecule has 0 spiro atoms. The summed E-state index contributed by atoms with van der Waals surface area (Å²) in [6.45, 7) is 1.25. The standard InChI is InChI=1S/C18H22N4O3/c1-20-15(11-16(23)21(2)18(20)25)17(24)22-9-5-6-13(12-22)10-14-7-3-4-8-19-14/h3-4,7-8,11,13H,5-6,9-10,12H2,1-2H3/t13-/m0/s1. The highest BCUT2D eigenvalue weighted by molar-refractivity contribution is 5.92. The number of nitrogens with zero attached hydrogens (tertiary/aromatic N) is 4. The van der Waals surface area contributed by atoms with E-state index in [4.69, 9.17) is 0 Å². The fourth-order valence-electron chi connectivity index (χ4n) is 3.33. The van der Waals surface area contributed by atoms with Gasteiger partial charge in [0.25, 0.3) is 11.5 Å². The van der Waals surface area contributed by atoms with Gasteiger partial charge in [-0.2, -0.15) is 0 Å². The molecule has 3 rings (SSSR count). The monoisotopic (exact) mass is 342 g/mol. The number of likely N-dealkylation sites (tertiary alicyclic amines) is 1. The minimum absolute atomic E-state index is 0.145. The van der Waals surface area contributed by atoms with Crippen molar-refractivity contribution in [1.82, 2.24) is 19.0 Å². The maximum absolute atomic E-state index is 12.8. The zero-order valence-corrected chi connectivity index (χ0v) is 14.5. The van der Waals surface area contributed by atoms with E-state index < -0.39 is 11.2 Å². The van der Waals surface area contributed by atoms with Crippen LogP contribution in [0.3, 0.4) is 0 Å². The molecule has 132 valence electrons. The summed E-state index contributed by atoms with van der Waals surface area (Å²) in [5.41, 5.74) is 0.209. The molecule has 1 saturated heterocycles. The molecule has 0 bridgehead atoms. The van der Waals surface area contributed by atoms with Gasteiger partial charge in [0.15, 0.2) is 0 Å². The number of carbonyl (C=O) groups excluding carboxylic acids is 1. The second kappa shape index (κ2) is 7.04. The van der Waals surface area contributed by atoms with Crippen LogP contribution in [0.1, 0.15) is 29.0 Å². The van der Waals surface area contributed by atoms with Crippen LogP contribution in [0.25, 0.3) is 0 Å². The summed E-state index contributed by atoms with van der Waals surface area (Å²) in [7, 11) is 2.92. The van der Waals surface area contributed by atoms with Crippen molar-refractivity contribution in [2.75, 3.05) is 13.1 Å². The van der Waals surface area contributed by atoms with Gasteiger partial charge in [-0.05, 0) is 37.3 Å². The zero-order valence-electron chi connectivity index (χ0n) is 14.5. The van der Waals surface area contributed by atoms with E-state index in [0.717, 1.165) is 29.5 Å². The first-order valence-electron chi connectivity index (χ1n) is 8.43. The molecule has 7 nitrogen and oxygen atoms in total. The molecule has 2 aromatic heterocycles. The fourth-order valence-corrected chi connectivity index (χ4v) is 3.33. The Morgan fingerprint density at radius 2 is 2.04 bits per heavy atom. The van der Waals surface area contributed by atoms with Crippen molar-refractivity contribution in [3.8, 4) is 0 Å². The molecule has 1 amide bonds. The van der Waals surface area contributed by atoms with Crippen LogP contribution >= 0.6 is 0 Å². The molecule has 0 saturated carbocycles. The summed E-state index contributed by atoms with van der Waals surface area (Å²) in [6, 6.07) is 7.08. The number of hydrogen-bond donors (Lipinski definition) is 0. The lowest BCUT2D eigenvalue weighted by Crippen LogP contribution is -2.45. The van der Waals surface area contributed by atoms with Crippen LogP contribution in [-0.4, -0.2) is 38.0 Å². The zero-order chi connectivity index (χ0) is 18.0. The van der Waals surface area contributed by atoms with Crippen LogP contribution in [0.15, 0.2) is 40.1 Å². The Morgan fingerprint density at radius 3 is 2.76 bits per heavy atom. The summed E-state index contributed by atoms with van der Waals surface area (Å²) in [4.78, 5) is 42.9. The molecule has 0 unspecified atom stereocenters. The molecule has 0 radical (unpaired) electrons. The van der Waals surface area contributed by atoms with Crippen LogP contribution in [0.5, 0.6) is 0 Å². The van der Waals surface area contributed by atoms with Crippen molar-refractivity contribution in [3.05, 3.63) is 62.7 Å². The molecule has 25 heavy (non-hydrogen) atoms. The first-order chi connectivity index (χ1) is 12.0. The summed E-state index contributed by atoms with van der Waals surface area (Å²) in [5, 5.41) is 0. The molecule has 2 aromatic rings. The lowest BCUT2D eigenvalue weighted by Gasteiger charge is -2.33. The number of amides is 1. The van der Waals surface area contributed by atoms with E-state index in [1.165, 1.54) is 24.7 Å². The third kappa shape index (κ3) is 3.55. The second-order valence-electron chi connectivity index (χ2n) is 6.55. The Hall–Kier alpha value is -2.70. The molecule has 0 aromatic carbocycles. The Morgan fingerprint density at radius 1 is 1.24 bits per heavy atom. The predicted octanol–water partition coefficient (Wildman–Crippen LogP) is 0.574. The lowest BCUT2D eigenvalue weighted by molar-refractivity contribution is 0.0660. The molecule has 1 atom stereocenters. The predicted molar refractivity (Wildman–Crippen MR) is 93.5 cm³/mol. The van der Waals surface area contributed by atoms with Crippen molar-refractivity contribution in [3.63, 3.8) is 0 Å². The highest BCUT2D eigenvalue weighted by atomic mass is 16.2. The van der Waals surface area contributed by atoms with Crippen LogP contribution in [-0.2, 0) is 20.5 Å². The van der Waals surface area contributed by atoms with Gasteiger partial charge in [0.2, 0.25) is 0 Å². The molecule has 1 aliphatic heterocycles. The number of piperidine rings is 1. The van der Waals surface area contributed by atoms with Gasteiger partial charge in [-0.3, -0.25) is 23.7 Å². The third-order valence-corrected chi connectivity index (χ3v) is 4.78. The van der Waals surface area contributed by atoms with Gasteiger partial charge in [-0.15, -0.1) is 0 Å². The first-order valence-corrected chi connectivity index (χ1v) is 8.43. The fraction of sp³-hybridized carbons (Fsp3) is 0.444. The number of pyridine rings is 1. The minimum Gasteiger partial charge on any atom is -0.337 e. The normalized spacial score (nSPS) is 17.5. The quantitative estimate of drug-likeness (QED) is 0.817. The van der Waals surface area contributed by atoms with Crippen molar-refractivity contribution in [2.45, 2.75) is 19.3 Å². The van der Waals surface area contributed by atoms with Gasteiger partial charge < -0.3 is 4.90 Å². The van der Waals surface area contributed by atoms with E-state index in [2.05, 4.69) is 4.98 Å². The Labute approximate surface area is 145 Å². The second-order valence-corrected chi connectivity index (χ2v) is 6.55. The van der Waals surface area contributed by atoms with Crippen LogP contribution in [0.2, 0.25) is 0 Å². The molecule has 1 aliphatic rings. The minimum atomic E-state index is -0.488.